The van der Waals surface area contributed by atoms with Crippen molar-refractivity contribution in [2.45, 2.75) is 19.4 Å². The fourth-order valence-corrected chi connectivity index (χ4v) is 1.38. The molecule has 0 aromatic heterocycles. The van der Waals surface area contributed by atoms with Gasteiger partial charge in [-0.1, -0.05) is 13.0 Å². The molecule has 1 aromatic rings. The summed E-state index contributed by atoms with van der Waals surface area (Å²) in [5, 5.41) is 9.28. The van der Waals surface area contributed by atoms with Crippen LogP contribution in [0.2, 0.25) is 0 Å². The van der Waals surface area contributed by atoms with E-state index >= 15 is 0 Å². The average molecular weight is 180 g/mol. The molecule has 0 bridgehead atoms. The van der Waals surface area contributed by atoms with Crippen molar-refractivity contribution in [3.63, 3.8) is 0 Å². The second-order valence-electron chi connectivity index (χ2n) is 3.08. The largest absolute Gasteiger partial charge is 0.508 e. The van der Waals surface area contributed by atoms with Crippen LogP contribution in [-0.2, 0) is 6.42 Å². The monoisotopic (exact) mass is 180 g/mol. The molecule has 0 fully saturated rings. The van der Waals surface area contributed by atoms with E-state index in [9.17, 15) is 5.11 Å². The number of phenolic OH excluding ortho intramolecular Hbond substituents is 1. The van der Waals surface area contributed by atoms with Gasteiger partial charge in [0, 0.05) is 12.6 Å². The van der Waals surface area contributed by atoms with E-state index in [0.717, 1.165) is 17.5 Å². The highest BCUT2D eigenvalue weighted by molar-refractivity contribution is 5.37. The van der Waals surface area contributed by atoms with Crippen LogP contribution in [0.5, 0.6) is 5.75 Å². The van der Waals surface area contributed by atoms with Crippen LogP contribution in [-0.4, -0.2) is 11.7 Å². The van der Waals surface area contributed by atoms with Gasteiger partial charge in [0.05, 0.1) is 0 Å². The molecule has 1 rings (SSSR count). The minimum absolute atomic E-state index is 0.179. The van der Waals surface area contributed by atoms with Crippen molar-refractivity contribution < 1.29 is 5.11 Å². The second kappa shape index (κ2) is 4.25. The van der Waals surface area contributed by atoms with E-state index in [0.29, 0.717) is 6.54 Å². The topological polar surface area (TPSA) is 72.3 Å². The molecule has 5 N–H and O–H groups in total. The summed E-state index contributed by atoms with van der Waals surface area (Å²) in [5.41, 5.74) is 13.4. The summed E-state index contributed by atoms with van der Waals surface area (Å²) in [6.07, 6.45) is 0.906. The minimum Gasteiger partial charge on any atom is -0.508 e. The quantitative estimate of drug-likeness (QED) is 0.647. The second-order valence-corrected chi connectivity index (χ2v) is 3.08. The Balaban J connectivity index is 3.07. The Kier molecular flexibility index (Phi) is 3.28. The van der Waals surface area contributed by atoms with Gasteiger partial charge < -0.3 is 16.6 Å². The number of nitrogens with two attached hydrogens (primary N) is 2. The zero-order valence-electron chi connectivity index (χ0n) is 7.83. The molecule has 0 radical (unpaired) electrons. The lowest BCUT2D eigenvalue weighted by Crippen LogP contribution is -2.21. The molecule has 0 amide bonds. The van der Waals surface area contributed by atoms with Crippen molar-refractivity contribution in [2.24, 2.45) is 11.5 Å². The summed E-state index contributed by atoms with van der Waals surface area (Å²) in [7, 11) is 0. The molecule has 0 aliphatic rings. The molecule has 1 aromatic carbocycles. The lowest BCUT2D eigenvalue weighted by atomic mass is 9.99. The van der Waals surface area contributed by atoms with Gasteiger partial charge in [0.2, 0.25) is 0 Å². The Bertz CT molecular complexity index is 286. The van der Waals surface area contributed by atoms with Crippen LogP contribution in [0, 0.1) is 0 Å². The zero-order chi connectivity index (χ0) is 9.84. The molecule has 3 nitrogen and oxygen atoms in total. The molecular formula is C10H16N2O. The molecule has 0 aliphatic heterocycles. The molecule has 1 atom stereocenters. The van der Waals surface area contributed by atoms with Crippen molar-refractivity contribution in [1.82, 2.24) is 0 Å². The van der Waals surface area contributed by atoms with E-state index in [1.807, 2.05) is 6.07 Å². The maximum atomic E-state index is 9.28. The zero-order valence-corrected chi connectivity index (χ0v) is 7.83. The predicted molar refractivity (Wildman–Crippen MR) is 53.5 cm³/mol. The Hall–Kier alpha value is -1.06. The van der Waals surface area contributed by atoms with E-state index in [1.165, 1.54) is 0 Å². The fraction of sp³-hybridized carbons (Fsp3) is 0.400. The minimum atomic E-state index is -0.179. The summed E-state index contributed by atoms with van der Waals surface area (Å²) >= 11 is 0. The normalized spacial score (nSPS) is 12.8. The van der Waals surface area contributed by atoms with Gasteiger partial charge >= 0.3 is 0 Å². The van der Waals surface area contributed by atoms with Gasteiger partial charge in [0.25, 0.3) is 0 Å². The standard InChI is InChI=1S/C10H16N2O/c1-2-7-3-4-8(13)5-9(7)10(12)6-11/h3-5,10,13H,2,6,11-12H2,1H3/t10-/m0/s1. The molecule has 0 saturated carbocycles. The van der Waals surface area contributed by atoms with Gasteiger partial charge in [-0.15, -0.1) is 0 Å². The van der Waals surface area contributed by atoms with Crippen LogP contribution in [0.25, 0.3) is 0 Å². The number of hydrogen-bond acceptors (Lipinski definition) is 3. The number of hydrogen-bond donors (Lipinski definition) is 3. The fourth-order valence-electron chi connectivity index (χ4n) is 1.38. The first kappa shape index (κ1) is 10.0. The van der Waals surface area contributed by atoms with E-state index in [2.05, 4.69) is 6.92 Å². The van der Waals surface area contributed by atoms with Gasteiger partial charge in [-0.2, -0.15) is 0 Å². The highest BCUT2D eigenvalue weighted by Gasteiger charge is 2.08. The third-order valence-corrected chi connectivity index (χ3v) is 2.16. The van der Waals surface area contributed by atoms with Crippen LogP contribution in [0.1, 0.15) is 24.1 Å². The van der Waals surface area contributed by atoms with Crippen molar-refractivity contribution in [2.75, 3.05) is 6.54 Å². The molecular weight excluding hydrogens is 164 g/mol. The van der Waals surface area contributed by atoms with Gasteiger partial charge in [-0.25, -0.2) is 0 Å². The maximum Gasteiger partial charge on any atom is 0.115 e. The average Bonchev–Trinajstić information content (AvgIpc) is 2.16. The summed E-state index contributed by atoms with van der Waals surface area (Å²) in [6.45, 7) is 2.45. The lowest BCUT2D eigenvalue weighted by molar-refractivity contribution is 0.473. The first-order valence-corrected chi connectivity index (χ1v) is 4.46. The number of phenols is 1. The molecule has 0 saturated heterocycles. The van der Waals surface area contributed by atoms with Crippen LogP contribution in [0.15, 0.2) is 18.2 Å². The molecule has 0 unspecified atom stereocenters. The molecule has 0 spiro atoms. The summed E-state index contributed by atoms with van der Waals surface area (Å²) in [5.74, 6) is 0.246. The number of aromatic hydroxyl groups is 1. The van der Waals surface area contributed by atoms with E-state index in [-0.39, 0.29) is 11.8 Å². The van der Waals surface area contributed by atoms with Crippen LogP contribution in [0.3, 0.4) is 0 Å². The first-order valence-electron chi connectivity index (χ1n) is 4.46. The van der Waals surface area contributed by atoms with Gasteiger partial charge in [0.15, 0.2) is 0 Å². The van der Waals surface area contributed by atoms with Crippen LogP contribution in [0.4, 0.5) is 0 Å². The van der Waals surface area contributed by atoms with Gasteiger partial charge in [-0.05, 0) is 29.7 Å². The number of aryl methyl sites for hydroxylation is 1. The van der Waals surface area contributed by atoms with Crippen LogP contribution < -0.4 is 11.5 Å². The Morgan fingerprint density at radius 1 is 1.46 bits per heavy atom. The van der Waals surface area contributed by atoms with E-state index in [1.54, 1.807) is 12.1 Å². The van der Waals surface area contributed by atoms with Gasteiger partial charge in [-0.3, -0.25) is 0 Å². The third-order valence-electron chi connectivity index (χ3n) is 2.16. The predicted octanol–water partition coefficient (Wildman–Crippen LogP) is 0.913. The number of rotatable bonds is 3. The molecule has 0 aliphatic carbocycles. The molecule has 72 valence electrons. The third kappa shape index (κ3) is 2.20. The molecule has 13 heavy (non-hydrogen) atoms. The Morgan fingerprint density at radius 2 is 2.15 bits per heavy atom. The summed E-state index contributed by atoms with van der Waals surface area (Å²) in [4.78, 5) is 0. The first-order chi connectivity index (χ1) is 6.19. The smallest absolute Gasteiger partial charge is 0.115 e. The van der Waals surface area contributed by atoms with Crippen molar-refractivity contribution >= 4 is 0 Å². The van der Waals surface area contributed by atoms with Crippen molar-refractivity contribution in [3.05, 3.63) is 29.3 Å². The lowest BCUT2D eigenvalue weighted by Gasteiger charge is -2.13. The Morgan fingerprint density at radius 3 is 2.69 bits per heavy atom. The maximum absolute atomic E-state index is 9.28. The SMILES string of the molecule is CCc1ccc(O)cc1[C@@H](N)CN. The van der Waals surface area contributed by atoms with Gasteiger partial charge in [0.1, 0.15) is 5.75 Å². The molecule has 0 heterocycles. The van der Waals surface area contributed by atoms with Crippen LogP contribution >= 0.6 is 0 Å². The Labute approximate surface area is 78.4 Å². The van der Waals surface area contributed by atoms with Crippen molar-refractivity contribution in [1.29, 1.82) is 0 Å². The highest BCUT2D eigenvalue weighted by Crippen LogP contribution is 2.21. The summed E-state index contributed by atoms with van der Waals surface area (Å²) < 4.78 is 0. The highest BCUT2D eigenvalue weighted by atomic mass is 16.3. The molecule has 3 heteroatoms. The number of benzene rings is 1. The van der Waals surface area contributed by atoms with E-state index in [4.69, 9.17) is 11.5 Å². The summed E-state index contributed by atoms with van der Waals surface area (Å²) in [6, 6.07) is 5.07. The van der Waals surface area contributed by atoms with Crippen molar-refractivity contribution in [3.8, 4) is 5.75 Å². The van der Waals surface area contributed by atoms with E-state index < -0.39 is 0 Å².